The Morgan fingerprint density at radius 2 is 1.73 bits per heavy atom. The van der Waals surface area contributed by atoms with E-state index in [1.807, 2.05) is 0 Å². The molecule has 5 heteroatoms. The molecule has 0 radical (unpaired) electrons. The molecule has 5 nitrogen and oxygen atoms in total. The molecule has 2 bridgehead atoms. The molecule has 0 aromatic heterocycles. The molecule has 0 aromatic rings. The van der Waals surface area contributed by atoms with E-state index >= 15 is 0 Å². The SMILES string of the molecule is CC1=C[C@@H]2OC(=O)[C@H]1[C@@H]1C(=O)OC(=O)[C@@H]12. The van der Waals surface area contributed by atoms with Crippen molar-refractivity contribution in [2.45, 2.75) is 13.0 Å². The van der Waals surface area contributed by atoms with Gasteiger partial charge in [-0.25, -0.2) is 0 Å². The maximum absolute atomic E-state index is 11.5. The van der Waals surface area contributed by atoms with Crippen LogP contribution in [0.2, 0.25) is 0 Å². The summed E-state index contributed by atoms with van der Waals surface area (Å²) in [5.74, 6) is -3.50. The molecule has 4 aliphatic rings. The molecule has 15 heavy (non-hydrogen) atoms. The topological polar surface area (TPSA) is 69.7 Å². The zero-order valence-electron chi connectivity index (χ0n) is 7.93. The van der Waals surface area contributed by atoms with Crippen LogP contribution in [-0.4, -0.2) is 24.0 Å². The number of carbonyl (C=O) groups excluding carboxylic acids is 3. The van der Waals surface area contributed by atoms with E-state index in [0.29, 0.717) is 0 Å². The van der Waals surface area contributed by atoms with Crippen LogP contribution in [0, 0.1) is 17.8 Å². The van der Waals surface area contributed by atoms with Crippen LogP contribution in [-0.2, 0) is 23.9 Å². The van der Waals surface area contributed by atoms with Crippen molar-refractivity contribution in [1.82, 2.24) is 0 Å². The summed E-state index contributed by atoms with van der Waals surface area (Å²) in [6, 6.07) is 0. The van der Waals surface area contributed by atoms with Crippen LogP contribution in [0.5, 0.6) is 0 Å². The van der Waals surface area contributed by atoms with Gasteiger partial charge < -0.3 is 9.47 Å². The van der Waals surface area contributed by atoms with E-state index in [9.17, 15) is 14.4 Å². The fourth-order valence-corrected chi connectivity index (χ4v) is 2.61. The monoisotopic (exact) mass is 208 g/mol. The molecule has 4 atom stereocenters. The highest BCUT2D eigenvalue weighted by atomic mass is 16.6. The van der Waals surface area contributed by atoms with Gasteiger partial charge in [-0.15, -0.1) is 0 Å². The summed E-state index contributed by atoms with van der Waals surface area (Å²) in [7, 11) is 0. The Labute approximate surface area is 85.0 Å². The van der Waals surface area contributed by atoms with E-state index in [4.69, 9.17) is 4.74 Å². The lowest BCUT2D eigenvalue weighted by molar-refractivity contribution is -0.169. The number of esters is 3. The summed E-state index contributed by atoms with van der Waals surface area (Å²) in [6.07, 6.45) is 1.11. The lowest BCUT2D eigenvalue weighted by Gasteiger charge is -2.38. The normalized spacial score (nSPS) is 42.2. The van der Waals surface area contributed by atoms with Crippen LogP contribution in [0.1, 0.15) is 6.92 Å². The minimum Gasteiger partial charge on any atom is -0.457 e. The van der Waals surface area contributed by atoms with Gasteiger partial charge in [0.25, 0.3) is 0 Å². The second-order valence-corrected chi connectivity index (χ2v) is 4.08. The van der Waals surface area contributed by atoms with Crippen molar-refractivity contribution in [3.05, 3.63) is 11.6 Å². The molecule has 0 unspecified atom stereocenters. The third-order valence-corrected chi connectivity index (χ3v) is 3.27. The molecular formula is C10H8O5. The quantitative estimate of drug-likeness (QED) is 0.313. The van der Waals surface area contributed by atoms with Crippen molar-refractivity contribution in [3.8, 4) is 0 Å². The first-order chi connectivity index (χ1) is 7.09. The minimum absolute atomic E-state index is 0.423. The molecule has 4 rings (SSSR count). The van der Waals surface area contributed by atoms with Crippen LogP contribution >= 0.6 is 0 Å². The number of cyclic esters (lactones) is 2. The van der Waals surface area contributed by atoms with Crippen molar-refractivity contribution < 1.29 is 23.9 Å². The van der Waals surface area contributed by atoms with E-state index in [1.54, 1.807) is 13.0 Å². The van der Waals surface area contributed by atoms with Crippen molar-refractivity contribution in [1.29, 1.82) is 0 Å². The largest absolute Gasteiger partial charge is 0.457 e. The first kappa shape index (κ1) is 8.64. The Morgan fingerprint density at radius 3 is 2.40 bits per heavy atom. The highest BCUT2D eigenvalue weighted by Crippen LogP contribution is 2.46. The van der Waals surface area contributed by atoms with Gasteiger partial charge in [-0.1, -0.05) is 5.57 Å². The lowest BCUT2D eigenvalue weighted by Crippen LogP contribution is -2.50. The molecule has 0 spiro atoms. The van der Waals surface area contributed by atoms with Gasteiger partial charge >= 0.3 is 17.9 Å². The highest BCUT2D eigenvalue weighted by molar-refractivity contribution is 6.01. The van der Waals surface area contributed by atoms with Crippen molar-refractivity contribution in [2.75, 3.05) is 0 Å². The van der Waals surface area contributed by atoms with Crippen LogP contribution in [0.4, 0.5) is 0 Å². The zero-order valence-corrected chi connectivity index (χ0v) is 7.93. The van der Waals surface area contributed by atoms with Crippen molar-refractivity contribution >= 4 is 17.9 Å². The fourth-order valence-electron chi connectivity index (χ4n) is 2.61. The average Bonchev–Trinajstić information content (AvgIpc) is 2.43. The summed E-state index contributed by atoms with van der Waals surface area (Å²) < 4.78 is 9.56. The Hall–Kier alpha value is -1.65. The molecule has 0 N–H and O–H groups in total. The number of rotatable bonds is 0. The third-order valence-electron chi connectivity index (χ3n) is 3.27. The van der Waals surface area contributed by atoms with E-state index in [-0.39, 0.29) is 0 Å². The fraction of sp³-hybridized carbons (Fsp3) is 0.500. The van der Waals surface area contributed by atoms with E-state index in [1.165, 1.54) is 0 Å². The summed E-state index contributed by atoms with van der Waals surface area (Å²) in [4.78, 5) is 34.3. The van der Waals surface area contributed by atoms with E-state index in [2.05, 4.69) is 4.74 Å². The summed E-state index contributed by atoms with van der Waals surface area (Å²) in [6.45, 7) is 1.77. The molecule has 1 aliphatic carbocycles. The second-order valence-electron chi connectivity index (χ2n) is 4.08. The maximum Gasteiger partial charge on any atom is 0.321 e. The Kier molecular flexibility index (Phi) is 1.43. The predicted octanol–water partition coefficient (Wildman–Crippen LogP) is -0.196. The molecule has 78 valence electrons. The molecule has 3 aliphatic heterocycles. The number of carbonyl (C=O) groups is 3. The van der Waals surface area contributed by atoms with Gasteiger partial charge in [-0.3, -0.25) is 14.4 Å². The van der Waals surface area contributed by atoms with Crippen LogP contribution < -0.4 is 0 Å². The molecule has 3 heterocycles. The highest BCUT2D eigenvalue weighted by Gasteiger charge is 2.61. The van der Waals surface area contributed by atoms with Crippen molar-refractivity contribution in [2.24, 2.45) is 17.8 Å². The predicted molar refractivity (Wildman–Crippen MR) is 45.2 cm³/mol. The average molecular weight is 208 g/mol. The maximum atomic E-state index is 11.5. The van der Waals surface area contributed by atoms with Gasteiger partial charge in [0.1, 0.15) is 12.0 Å². The Bertz CT molecular complexity index is 422. The van der Waals surface area contributed by atoms with Crippen LogP contribution in [0.25, 0.3) is 0 Å². The number of hydrogen-bond donors (Lipinski definition) is 0. The molecule has 0 saturated carbocycles. The smallest absolute Gasteiger partial charge is 0.321 e. The standard InChI is InChI=1S/C10H8O5/c1-3-2-4-6-7(5(3)8(11)14-4)10(13)15-9(6)12/h2,4-7H,1H3/t4-,5+,6+,7-/m0/s1. The summed E-state index contributed by atoms with van der Waals surface area (Å²) >= 11 is 0. The molecule has 2 saturated heterocycles. The van der Waals surface area contributed by atoms with Gasteiger partial charge in [-0.2, -0.15) is 0 Å². The lowest BCUT2D eigenvalue weighted by atomic mass is 9.70. The third kappa shape index (κ3) is 0.900. The van der Waals surface area contributed by atoms with E-state index < -0.39 is 41.8 Å². The van der Waals surface area contributed by atoms with Gasteiger partial charge in [0.2, 0.25) is 0 Å². The Balaban J connectivity index is 2.13. The second kappa shape index (κ2) is 2.48. The molecule has 2 fully saturated rings. The number of hydrogen-bond acceptors (Lipinski definition) is 5. The van der Waals surface area contributed by atoms with Gasteiger partial charge in [0.15, 0.2) is 0 Å². The van der Waals surface area contributed by atoms with E-state index in [0.717, 1.165) is 5.57 Å². The minimum atomic E-state index is -0.659. The van der Waals surface area contributed by atoms with Gasteiger partial charge in [0, 0.05) is 0 Å². The summed E-state index contributed by atoms with van der Waals surface area (Å²) in [5.41, 5.74) is 0.796. The zero-order chi connectivity index (χ0) is 10.7. The van der Waals surface area contributed by atoms with Gasteiger partial charge in [-0.05, 0) is 13.0 Å². The van der Waals surface area contributed by atoms with Crippen LogP contribution in [0.15, 0.2) is 11.6 Å². The van der Waals surface area contributed by atoms with Gasteiger partial charge in [0.05, 0.1) is 11.8 Å². The molecule has 0 aromatic carbocycles. The molecular weight excluding hydrogens is 200 g/mol. The first-order valence-corrected chi connectivity index (χ1v) is 4.74. The number of ether oxygens (including phenoxy) is 2. The molecule has 0 amide bonds. The summed E-state index contributed by atoms with van der Waals surface area (Å²) in [5, 5.41) is 0. The van der Waals surface area contributed by atoms with Crippen LogP contribution in [0.3, 0.4) is 0 Å². The van der Waals surface area contributed by atoms with Crippen molar-refractivity contribution in [3.63, 3.8) is 0 Å². The number of fused-ring (bicyclic) bond motifs is 1. The Morgan fingerprint density at radius 1 is 1.07 bits per heavy atom. The first-order valence-electron chi connectivity index (χ1n) is 4.74.